The van der Waals surface area contributed by atoms with E-state index in [0.717, 1.165) is 27.9 Å². The molecular weight excluding hydrogens is 456 g/mol. The number of piperidine rings is 1. The average Bonchev–Trinajstić information content (AvgIpc) is 3.57. The van der Waals surface area contributed by atoms with E-state index in [4.69, 9.17) is 0 Å². The van der Waals surface area contributed by atoms with Gasteiger partial charge in [0.15, 0.2) is 0 Å². The molecule has 0 radical (unpaired) electrons. The molecule has 2 aromatic heterocycles. The molecule has 180 valence electrons. The van der Waals surface area contributed by atoms with Gasteiger partial charge in [-0.15, -0.1) is 0 Å². The van der Waals surface area contributed by atoms with Gasteiger partial charge in [0.1, 0.15) is 6.04 Å². The van der Waals surface area contributed by atoms with Crippen molar-refractivity contribution in [2.75, 3.05) is 0 Å². The van der Waals surface area contributed by atoms with Crippen molar-refractivity contribution >= 4 is 17.7 Å². The van der Waals surface area contributed by atoms with Gasteiger partial charge in [-0.2, -0.15) is 10.2 Å². The summed E-state index contributed by atoms with van der Waals surface area (Å²) in [7, 11) is 1.90. The first-order chi connectivity index (χ1) is 17.5. The van der Waals surface area contributed by atoms with E-state index in [1.165, 1.54) is 5.56 Å². The van der Waals surface area contributed by atoms with Crippen LogP contribution in [0.5, 0.6) is 0 Å². The molecule has 0 unspecified atom stereocenters. The van der Waals surface area contributed by atoms with Gasteiger partial charge in [-0.25, -0.2) is 0 Å². The third-order valence-electron chi connectivity index (χ3n) is 6.87. The molecule has 36 heavy (non-hydrogen) atoms. The Kier molecular flexibility index (Phi) is 5.25. The number of carbonyl (C=O) groups is 3. The second-order valence-electron chi connectivity index (χ2n) is 9.21. The number of aryl methyl sites for hydroxylation is 1. The van der Waals surface area contributed by atoms with Crippen LogP contribution in [0.1, 0.15) is 34.3 Å². The molecule has 9 nitrogen and oxygen atoms in total. The summed E-state index contributed by atoms with van der Waals surface area (Å²) in [6.07, 6.45) is 6.25. The SMILES string of the molecule is Cn1ncc(-c2ccc3c(c2)CN([C@H]2CCC(=O)NC2=O)C3=O)c1-c1cnn(Cc2ccccc2)c1. The van der Waals surface area contributed by atoms with Gasteiger partial charge in [-0.1, -0.05) is 36.4 Å². The van der Waals surface area contributed by atoms with Crippen LogP contribution < -0.4 is 5.32 Å². The highest BCUT2D eigenvalue weighted by atomic mass is 16.2. The maximum Gasteiger partial charge on any atom is 0.255 e. The zero-order valence-corrected chi connectivity index (χ0v) is 19.7. The highest BCUT2D eigenvalue weighted by molar-refractivity contribution is 6.05. The molecule has 3 amide bonds. The van der Waals surface area contributed by atoms with Gasteiger partial charge < -0.3 is 4.90 Å². The zero-order valence-electron chi connectivity index (χ0n) is 19.7. The molecule has 1 N–H and O–H groups in total. The topological polar surface area (TPSA) is 102 Å². The second kappa shape index (κ2) is 8.60. The normalized spacial score (nSPS) is 17.4. The van der Waals surface area contributed by atoms with Crippen LogP contribution in [0.4, 0.5) is 0 Å². The molecule has 4 aromatic rings. The van der Waals surface area contributed by atoms with Crippen molar-refractivity contribution in [3.63, 3.8) is 0 Å². The monoisotopic (exact) mass is 480 g/mol. The Morgan fingerprint density at radius 3 is 2.61 bits per heavy atom. The number of fused-ring (bicyclic) bond motifs is 1. The third-order valence-corrected chi connectivity index (χ3v) is 6.87. The number of hydrogen-bond donors (Lipinski definition) is 1. The quantitative estimate of drug-likeness (QED) is 0.443. The number of benzene rings is 2. The number of hydrogen-bond acceptors (Lipinski definition) is 5. The van der Waals surface area contributed by atoms with E-state index in [1.807, 2.05) is 71.4 Å². The third kappa shape index (κ3) is 3.78. The first-order valence-corrected chi connectivity index (χ1v) is 11.8. The van der Waals surface area contributed by atoms with E-state index in [1.54, 1.807) is 4.90 Å². The summed E-state index contributed by atoms with van der Waals surface area (Å²) in [6, 6.07) is 15.3. The van der Waals surface area contributed by atoms with E-state index in [-0.39, 0.29) is 18.2 Å². The molecule has 0 bridgehead atoms. The lowest BCUT2D eigenvalue weighted by Crippen LogP contribution is -2.52. The summed E-state index contributed by atoms with van der Waals surface area (Å²) in [5, 5.41) is 11.4. The fourth-order valence-corrected chi connectivity index (χ4v) is 5.08. The predicted molar refractivity (Wildman–Crippen MR) is 131 cm³/mol. The molecule has 0 saturated carbocycles. The molecular formula is C27H24N6O3. The number of amides is 3. The van der Waals surface area contributed by atoms with Crippen molar-refractivity contribution in [2.24, 2.45) is 7.05 Å². The summed E-state index contributed by atoms with van der Waals surface area (Å²) in [4.78, 5) is 38.5. The standard InChI is InChI=1S/C27H24N6O3/c1-31-25(20-12-29-32(15-20)14-17-5-3-2-4-6-17)22(13-28-31)18-7-8-21-19(11-18)16-33(27(21)36)23-9-10-24(34)30-26(23)35/h2-8,11-13,15,23H,9-10,14,16H2,1H3,(H,30,34,35)/t23-/m0/s1. The molecule has 1 atom stereocenters. The number of carbonyl (C=O) groups excluding carboxylic acids is 3. The lowest BCUT2D eigenvalue weighted by Gasteiger charge is -2.29. The number of nitrogens with zero attached hydrogens (tertiary/aromatic N) is 5. The van der Waals surface area contributed by atoms with Gasteiger partial charge in [0.2, 0.25) is 11.8 Å². The van der Waals surface area contributed by atoms with Crippen LogP contribution in [0.3, 0.4) is 0 Å². The van der Waals surface area contributed by atoms with Crippen molar-refractivity contribution in [1.82, 2.24) is 29.8 Å². The Morgan fingerprint density at radius 1 is 0.972 bits per heavy atom. The van der Waals surface area contributed by atoms with E-state index in [9.17, 15) is 14.4 Å². The zero-order chi connectivity index (χ0) is 24.8. The molecule has 1 fully saturated rings. The van der Waals surface area contributed by atoms with Gasteiger partial charge in [0.25, 0.3) is 5.91 Å². The van der Waals surface area contributed by atoms with Crippen LogP contribution in [-0.4, -0.2) is 48.2 Å². The highest BCUT2D eigenvalue weighted by Gasteiger charge is 2.39. The van der Waals surface area contributed by atoms with Crippen LogP contribution in [0.25, 0.3) is 22.4 Å². The summed E-state index contributed by atoms with van der Waals surface area (Å²) < 4.78 is 3.73. The Balaban J connectivity index is 1.28. The Labute approximate surface area is 207 Å². The van der Waals surface area contributed by atoms with Gasteiger partial charge in [-0.05, 0) is 35.2 Å². The molecule has 0 spiro atoms. The fraction of sp³-hybridized carbons (Fsp3) is 0.222. The maximum atomic E-state index is 13.0. The first kappa shape index (κ1) is 22.0. The maximum absolute atomic E-state index is 13.0. The van der Waals surface area contributed by atoms with Crippen molar-refractivity contribution in [2.45, 2.75) is 32.0 Å². The molecule has 9 heteroatoms. The van der Waals surface area contributed by atoms with E-state index in [0.29, 0.717) is 25.1 Å². The minimum Gasteiger partial charge on any atom is -0.322 e. The molecule has 0 aliphatic carbocycles. The van der Waals surface area contributed by atoms with Gasteiger partial charge in [0.05, 0.1) is 24.6 Å². The van der Waals surface area contributed by atoms with Crippen LogP contribution in [0, 0.1) is 0 Å². The minimum atomic E-state index is -0.629. The van der Waals surface area contributed by atoms with Crippen molar-refractivity contribution in [3.05, 3.63) is 83.8 Å². The van der Waals surface area contributed by atoms with Crippen LogP contribution in [-0.2, 0) is 29.7 Å². The highest BCUT2D eigenvalue weighted by Crippen LogP contribution is 2.35. The van der Waals surface area contributed by atoms with Gasteiger partial charge >= 0.3 is 0 Å². The van der Waals surface area contributed by atoms with Crippen molar-refractivity contribution in [3.8, 4) is 22.4 Å². The Morgan fingerprint density at radius 2 is 1.81 bits per heavy atom. The summed E-state index contributed by atoms with van der Waals surface area (Å²) in [5.41, 5.74) is 6.36. The van der Waals surface area contributed by atoms with E-state index in [2.05, 4.69) is 27.6 Å². The number of rotatable bonds is 5. The molecule has 2 aliphatic heterocycles. The van der Waals surface area contributed by atoms with Gasteiger partial charge in [0, 0.05) is 42.9 Å². The molecule has 2 aliphatic rings. The van der Waals surface area contributed by atoms with Crippen LogP contribution >= 0.6 is 0 Å². The molecule has 1 saturated heterocycles. The summed E-state index contributed by atoms with van der Waals surface area (Å²) in [5.74, 6) is -0.881. The minimum absolute atomic E-state index is 0.181. The smallest absolute Gasteiger partial charge is 0.255 e. The Hall–Kier alpha value is -4.53. The summed E-state index contributed by atoms with van der Waals surface area (Å²) in [6.45, 7) is 1.00. The molecule has 2 aromatic carbocycles. The predicted octanol–water partition coefficient (Wildman–Crippen LogP) is 2.76. The Bertz CT molecular complexity index is 1500. The first-order valence-electron chi connectivity index (χ1n) is 11.8. The van der Waals surface area contributed by atoms with Crippen LogP contribution in [0.15, 0.2) is 67.1 Å². The lowest BCUT2D eigenvalue weighted by atomic mass is 9.99. The van der Waals surface area contributed by atoms with Gasteiger partial charge in [-0.3, -0.25) is 29.1 Å². The molecule has 4 heterocycles. The number of aromatic nitrogens is 4. The second-order valence-corrected chi connectivity index (χ2v) is 9.21. The van der Waals surface area contributed by atoms with E-state index >= 15 is 0 Å². The number of nitrogens with one attached hydrogen (secondary N) is 1. The fourth-order valence-electron chi connectivity index (χ4n) is 5.08. The largest absolute Gasteiger partial charge is 0.322 e. The average molecular weight is 481 g/mol. The lowest BCUT2D eigenvalue weighted by molar-refractivity contribution is -0.136. The number of imide groups is 1. The van der Waals surface area contributed by atoms with Crippen molar-refractivity contribution in [1.29, 1.82) is 0 Å². The summed E-state index contributed by atoms with van der Waals surface area (Å²) >= 11 is 0. The van der Waals surface area contributed by atoms with Crippen molar-refractivity contribution < 1.29 is 14.4 Å². The van der Waals surface area contributed by atoms with E-state index < -0.39 is 11.9 Å². The van der Waals surface area contributed by atoms with Crippen LogP contribution in [0.2, 0.25) is 0 Å². The molecule has 6 rings (SSSR count).